The van der Waals surface area contributed by atoms with Crippen molar-refractivity contribution >= 4 is 24.5 Å². The molecule has 0 saturated carbocycles. The predicted octanol–water partition coefficient (Wildman–Crippen LogP) is -1.08. The minimum Gasteiger partial charge on any atom is -0.480 e. The SMILES string of the molecule is CC(O)S.NC(=O)CCC(N)C(=O)O. The molecule has 0 aromatic rings. The van der Waals surface area contributed by atoms with Crippen LogP contribution in [-0.2, 0) is 9.59 Å². The van der Waals surface area contributed by atoms with Crippen molar-refractivity contribution in [3.8, 4) is 0 Å². The summed E-state index contributed by atoms with van der Waals surface area (Å²) in [6.45, 7) is 1.59. The first-order valence-corrected chi connectivity index (χ1v) is 4.41. The molecule has 0 aromatic heterocycles. The molecular weight excluding hydrogens is 208 g/mol. The predicted molar refractivity (Wildman–Crippen MR) is 54.7 cm³/mol. The van der Waals surface area contributed by atoms with Gasteiger partial charge in [-0.3, -0.25) is 9.59 Å². The van der Waals surface area contributed by atoms with E-state index in [1.807, 2.05) is 0 Å². The number of rotatable bonds is 4. The smallest absolute Gasteiger partial charge is 0.320 e. The maximum Gasteiger partial charge on any atom is 0.320 e. The molecule has 0 aliphatic rings. The zero-order valence-corrected chi connectivity index (χ0v) is 8.78. The highest BCUT2D eigenvalue weighted by atomic mass is 32.1. The number of aliphatic hydroxyl groups excluding tert-OH is 1. The highest BCUT2D eigenvalue weighted by molar-refractivity contribution is 7.80. The number of aliphatic hydroxyl groups is 1. The molecule has 6 nitrogen and oxygen atoms in total. The number of carboxylic acids is 1. The van der Waals surface area contributed by atoms with Crippen LogP contribution in [0.25, 0.3) is 0 Å². The van der Waals surface area contributed by atoms with Crippen molar-refractivity contribution in [1.82, 2.24) is 0 Å². The molecule has 0 aliphatic carbocycles. The van der Waals surface area contributed by atoms with Crippen molar-refractivity contribution in [3.63, 3.8) is 0 Å². The summed E-state index contributed by atoms with van der Waals surface area (Å²) in [7, 11) is 0. The molecule has 14 heavy (non-hydrogen) atoms. The van der Waals surface area contributed by atoms with Crippen LogP contribution in [0.1, 0.15) is 19.8 Å². The molecule has 7 heteroatoms. The largest absolute Gasteiger partial charge is 0.480 e. The Bertz CT molecular complexity index is 184. The van der Waals surface area contributed by atoms with Gasteiger partial charge in [0.25, 0.3) is 0 Å². The maximum atomic E-state index is 10.1. The highest BCUT2D eigenvalue weighted by Crippen LogP contribution is 1.92. The lowest BCUT2D eigenvalue weighted by Gasteiger charge is -2.01. The summed E-state index contributed by atoms with van der Waals surface area (Å²) in [5.74, 6) is -1.64. The van der Waals surface area contributed by atoms with Crippen LogP contribution in [0.15, 0.2) is 0 Å². The van der Waals surface area contributed by atoms with E-state index in [0.717, 1.165) is 0 Å². The van der Waals surface area contributed by atoms with Crippen molar-refractivity contribution in [2.75, 3.05) is 0 Å². The molecule has 0 radical (unpaired) electrons. The average Bonchev–Trinajstić information content (AvgIpc) is 1.98. The molecule has 0 aliphatic heterocycles. The Labute approximate surface area is 87.7 Å². The van der Waals surface area contributed by atoms with Crippen LogP contribution in [0, 0.1) is 0 Å². The quantitative estimate of drug-likeness (QED) is 0.306. The van der Waals surface area contributed by atoms with Gasteiger partial charge in [-0.15, -0.1) is 12.6 Å². The lowest BCUT2D eigenvalue weighted by Crippen LogP contribution is -2.31. The summed E-state index contributed by atoms with van der Waals surface area (Å²) in [6.07, 6.45) is 0.123. The molecule has 0 fully saturated rings. The molecule has 0 bridgehead atoms. The molecule has 0 saturated heterocycles. The first-order chi connectivity index (χ1) is 6.27. The van der Waals surface area contributed by atoms with E-state index in [1.165, 1.54) is 0 Å². The van der Waals surface area contributed by atoms with Crippen LogP contribution in [-0.4, -0.2) is 33.6 Å². The number of carbonyl (C=O) groups is 2. The molecule has 6 N–H and O–H groups in total. The van der Waals surface area contributed by atoms with Crippen molar-refractivity contribution in [1.29, 1.82) is 0 Å². The zero-order chi connectivity index (χ0) is 11.7. The van der Waals surface area contributed by atoms with Gasteiger partial charge in [0, 0.05) is 6.42 Å². The zero-order valence-electron chi connectivity index (χ0n) is 7.88. The average molecular weight is 224 g/mol. The Balaban J connectivity index is 0. The van der Waals surface area contributed by atoms with Crippen molar-refractivity contribution in [3.05, 3.63) is 0 Å². The van der Waals surface area contributed by atoms with Gasteiger partial charge < -0.3 is 21.7 Å². The Kier molecular flexibility index (Phi) is 9.84. The van der Waals surface area contributed by atoms with Gasteiger partial charge in [-0.05, 0) is 13.3 Å². The number of carbonyl (C=O) groups excluding carboxylic acids is 1. The topological polar surface area (TPSA) is 127 Å². The Morgan fingerprint density at radius 3 is 2.07 bits per heavy atom. The number of primary amides is 1. The third-order valence-electron chi connectivity index (χ3n) is 1.02. The Morgan fingerprint density at radius 1 is 1.50 bits per heavy atom. The van der Waals surface area contributed by atoms with Gasteiger partial charge in [-0.2, -0.15) is 0 Å². The van der Waals surface area contributed by atoms with Crippen LogP contribution >= 0.6 is 12.6 Å². The normalized spacial score (nSPS) is 13.4. The molecule has 0 spiro atoms. The van der Waals surface area contributed by atoms with E-state index in [-0.39, 0.29) is 12.8 Å². The molecular formula is C7H16N2O4S. The van der Waals surface area contributed by atoms with Gasteiger partial charge in [0.15, 0.2) is 0 Å². The first kappa shape index (κ1) is 15.7. The molecule has 0 heterocycles. The van der Waals surface area contributed by atoms with Crippen molar-refractivity contribution in [2.24, 2.45) is 11.5 Å². The van der Waals surface area contributed by atoms with E-state index in [9.17, 15) is 9.59 Å². The van der Waals surface area contributed by atoms with E-state index in [0.29, 0.717) is 0 Å². The lowest BCUT2D eigenvalue weighted by molar-refractivity contribution is -0.138. The van der Waals surface area contributed by atoms with E-state index in [2.05, 4.69) is 12.6 Å². The number of aliphatic carboxylic acids is 1. The van der Waals surface area contributed by atoms with Gasteiger partial charge in [0.2, 0.25) is 5.91 Å². The van der Waals surface area contributed by atoms with Gasteiger partial charge in [0.05, 0.1) is 5.44 Å². The minimum atomic E-state index is -1.11. The fourth-order valence-corrected chi connectivity index (χ4v) is 0.421. The summed E-state index contributed by atoms with van der Waals surface area (Å²) >= 11 is 3.52. The molecule has 0 aromatic carbocycles. The highest BCUT2D eigenvalue weighted by Gasteiger charge is 2.11. The minimum absolute atomic E-state index is 0.0213. The fraction of sp³-hybridized carbons (Fsp3) is 0.714. The first-order valence-electron chi connectivity index (χ1n) is 3.90. The fourth-order valence-electron chi connectivity index (χ4n) is 0.421. The summed E-state index contributed by atoms with van der Waals surface area (Å²) in [6, 6.07) is -0.979. The summed E-state index contributed by atoms with van der Waals surface area (Å²) < 4.78 is 0. The molecule has 1 amide bonds. The second-order valence-corrected chi connectivity index (χ2v) is 3.33. The summed E-state index contributed by atoms with van der Waals surface area (Å²) in [5.41, 5.74) is 9.34. The Morgan fingerprint density at radius 2 is 1.86 bits per heavy atom. The van der Waals surface area contributed by atoms with Crippen LogP contribution < -0.4 is 11.5 Å². The molecule has 0 rings (SSSR count). The molecule has 2 unspecified atom stereocenters. The summed E-state index contributed by atoms with van der Waals surface area (Å²) in [5, 5.41) is 16.1. The third-order valence-corrected chi connectivity index (χ3v) is 1.02. The maximum absolute atomic E-state index is 10.1. The van der Waals surface area contributed by atoms with Gasteiger partial charge in [-0.1, -0.05) is 0 Å². The van der Waals surface area contributed by atoms with Gasteiger partial charge in [0.1, 0.15) is 6.04 Å². The number of hydrogen-bond donors (Lipinski definition) is 5. The standard InChI is InChI=1S/C5H10N2O3.C2H6OS/c6-3(5(9)10)1-2-4(7)8;1-2(3)4/h3H,1-2,6H2,(H2,7,8)(H,9,10);2-4H,1H3. The number of hydrogen-bond acceptors (Lipinski definition) is 5. The lowest BCUT2D eigenvalue weighted by atomic mass is 10.2. The number of nitrogens with two attached hydrogens (primary N) is 2. The third kappa shape index (κ3) is 17.3. The van der Waals surface area contributed by atoms with Crippen LogP contribution in [0.3, 0.4) is 0 Å². The van der Waals surface area contributed by atoms with E-state index in [4.69, 9.17) is 21.7 Å². The van der Waals surface area contributed by atoms with E-state index >= 15 is 0 Å². The van der Waals surface area contributed by atoms with Crippen LogP contribution in [0.4, 0.5) is 0 Å². The van der Waals surface area contributed by atoms with E-state index < -0.39 is 23.4 Å². The van der Waals surface area contributed by atoms with Gasteiger partial charge in [-0.25, -0.2) is 0 Å². The van der Waals surface area contributed by atoms with Gasteiger partial charge >= 0.3 is 5.97 Å². The number of thiol groups is 1. The van der Waals surface area contributed by atoms with E-state index in [1.54, 1.807) is 6.92 Å². The van der Waals surface area contributed by atoms with Crippen molar-refractivity contribution < 1.29 is 19.8 Å². The van der Waals surface area contributed by atoms with Crippen LogP contribution in [0.2, 0.25) is 0 Å². The summed E-state index contributed by atoms with van der Waals surface area (Å²) in [4.78, 5) is 20.1. The number of amides is 1. The number of carboxylic acid groups (broad SMARTS) is 1. The molecule has 2 atom stereocenters. The second kappa shape index (κ2) is 8.79. The monoisotopic (exact) mass is 224 g/mol. The molecule has 84 valence electrons. The van der Waals surface area contributed by atoms with Crippen molar-refractivity contribution in [2.45, 2.75) is 31.2 Å². The second-order valence-electron chi connectivity index (χ2n) is 2.58. The van der Waals surface area contributed by atoms with Crippen LogP contribution in [0.5, 0.6) is 0 Å². The Hall–Kier alpha value is -0.790.